The zero-order valence-electron chi connectivity index (χ0n) is 7.11. The van der Waals surface area contributed by atoms with Crippen molar-refractivity contribution in [2.45, 2.75) is 13.5 Å². The van der Waals surface area contributed by atoms with Crippen LogP contribution in [0.5, 0.6) is 0 Å². The van der Waals surface area contributed by atoms with E-state index in [0.717, 1.165) is 11.4 Å². The van der Waals surface area contributed by atoms with Crippen molar-refractivity contribution in [3.05, 3.63) is 23.8 Å². The van der Waals surface area contributed by atoms with Crippen molar-refractivity contribution in [2.75, 3.05) is 5.32 Å². The fraction of sp³-hybridized carbons (Fsp3) is 0.286. The maximum Gasteiger partial charge on any atom is 0.315 e. The van der Waals surface area contributed by atoms with E-state index >= 15 is 0 Å². The minimum atomic E-state index is 0.403. The second kappa shape index (κ2) is 3.26. The minimum absolute atomic E-state index is 0.403. The molecule has 2 rings (SSSR count). The first-order valence-electron chi connectivity index (χ1n) is 3.85. The monoisotopic (exact) mass is 179 g/mol. The molecule has 0 amide bonds. The lowest BCUT2D eigenvalue weighted by Crippen LogP contribution is -1.99. The van der Waals surface area contributed by atoms with Crippen LogP contribution in [0.3, 0.4) is 0 Å². The molecule has 0 aliphatic carbocycles. The van der Waals surface area contributed by atoms with Crippen LogP contribution >= 0.6 is 0 Å². The van der Waals surface area contributed by atoms with Crippen LogP contribution in [0.25, 0.3) is 0 Å². The highest BCUT2D eigenvalue weighted by molar-refractivity contribution is 5.19. The Bertz CT molecular complexity index is 366. The van der Waals surface area contributed by atoms with Crippen LogP contribution in [0, 0.1) is 6.92 Å². The van der Waals surface area contributed by atoms with Gasteiger partial charge in [-0.1, -0.05) is 5.10 Å². The van der Waals surface area contributed by atoms with Gasteiger partial charge >= 0.3 is 6.01 Å². The fourth-order valence-electron chi connectivity index (χ4n) is 0.981. The van der Waals surface area contributed by atoms with Crippen LogP contribution in [0.1, 0.15) is 11.4 Å². The summed E-state index contributed by atoms with van der Waals surface area (Å²) >= 11 is 0. The first kappa shape index (κ1) is 7.78. The molecule has 2 N–H and O–H groups in total. The van der Waals surface area contributed by atoms with E-state index in [4.69, 9.17) is 4.42 Å². The molecular weight excluding hydrogens is 170 g/mol. The topological polar surface area (TPSA) is 79.6 Å². The third-order valence-corrected chi connectivity index (χ3v) is 1.54. The van der Waals surface area contributed by atoms with E-state index < -0.39 is 0 Å². The van der Waals surface area contributed by atoms with Crippen LogP contribution in [0.15, 0.2) is 16.9 Å². The van der Waals surface area contributed by atoms with Crippen molar-refractivity contribution < 1.29 is 4.42 Å². The van der Waals surface area contributed by atoms with Crippen molar-refractivity contribution in [3.8, 4) is 0 Å². The van der Waals surface area contributed by atoms with E-state index in [-0.39, 0.29) is 0 Å². The van der Waals surface area contributed by atoms with Gasteiger partial charge in [-0.15, -0.1) is 5.10 Å². The quantitative estimate of drug-likeness (QED) is 0.725. The van der Waals surface area contributed by atoms with Gasteiger partial charge in [0.15, 0.2) is 0 Å². The molecule has 6 heteroatoms. The van der Waals surface area contributed by atoms with Gasteiger partial charge in [0.2, 0.25) is 6.39 Å². The van der Waals surface area contributed by atoms with Crippen LogP contribution in [0.4, 0.5) is 6.01 Å². The Morgan fingerprint density at radius 2 is 2.54 bits per heavy atom. The Balaban J connectivity index is 1.93. The predicted octanol–water partition coefficient (Wildman–Crippen LogP) is 0.713. The average Bonchev–Trinajstić information content (AvgIpc) is 2.71. The summed E-state index contributed by atoms with van der Waals surface area (Å²) in [5.74, 6) is 0. The van der Waals surface area contributed by atoms with E-state index in [9.17, 15) is 0 Å². The normalized spacial score (nSPS) is 10.2. The van der Waals surface area contributed by atoms with E-state index in [1.807, 2.05) is 13.0 Å². The van der Waals surface area contributed by atoms with Crippen LogP contribution < -0.4 is 5.32 Å². The third kappa shape index (κ3) is 1.84. The largest absolute Gasteiger partial charge is 0.411 e. The third-order valence-electron chi connectivity index (χ3n) is 1.54. The van der Waals surface area contributed by atoms with Gasteiger partial charge in [0.1, 0.15) is 0 Å². The molecule has 2 heterocycles. The van der Waals surface area contributed by atoms with Crippen LogP contribution in [0.2, 0.25) is 0 Å². The van der Waals surface area contributed by atoms with Gasteiger partial charge in [-0.2, -0.15) is 5.10 Å². The summed E-state index contributed by atoms with van der Waals surface area (Å²) < 4.78 is 4.89. The van der Waals surface area contributed by atoms with Crippen molar-refractivity contribution >= 4 is 6.01 Å². The number of rotatable bonds is 3. The maximum atomic E-state index is 4.89. The molecule has 2 aromatic rings. The molecule has 0 unspecified atom stereocenters. The molecule has 0 aliphatic heterocycles. The summed E-state index contributed by atoms with van der Waals surface area (Å²) in [5.41, 5.74) is 1.94. The summed E-state index contributed by atoms with van der Waals surface area (Å²) in [4.78, 5) is 0. The van der Waals surface area contributed by atoms with Crippen LogP contribution in [-0.2, 0) is 6.54 Å². The minimum Gasteiger partial charge on any atom is -0.411 e. The summed E-state index contributed by atoms with van der Waals surface area (Å²) in [6.07, 6.45) is 1.28. The Kier molecular flexibility index (Phi) is 1.95. The number of hydrogen-bond acceptors (Lipinski definition) is 5. The maximum absolute atomic E-state index is 4.89. The number of hydrogen-bond donors (Lipinski definition) is 2. The highest BCUT2D eigenvalue weighted by atomic mass is 16.4. The van der Waals surface area contributed by atoms with Crippen molar-refractivity contribution in [2.24, 2.45) is 0 Å². The zero-order valence-corrected chi connectivity index (χ0v) is 7.11. The van der Waals surface area contributed by atoms with Gasteiger partial charge in [0, 0.05) is 5.69 Å². The van der Waals surface area contributed by atoms with Gasteiger partial charge in [-0.05, 0) is 13.0 Å². The highest BCUT2D eigenvalue weighted by Gasteiger charge is 2.00. The molecule has 0 bridgehead atoms. The molecule has 68 valence electrons. The summed E-state index contributed by atoms with van der Waals surface area (Å²) in [6.45, 7) is 2.52. The van der Waals surface area contributed by atoms with E-state index in [1.54, 1.807) is 0 Å². The van der Waals surface area contributed by atoms with E-state index in [2.05, 4.69) is 25.7 Å². The first-order valence-corrected chi connectivity index (χ1v) is 3.85. The average molecular weight is 179 g/mol. The standard InChI is InChI=1S/C7H9N5O/c1-5-2-6(11-10-5)3-8-7-12-9-4-13-7/h2,4H,3H2,1H3,(H,8,12)(H,10,11). The second-order valence-corrected chi connectivity index (χ2v) is 2.64. The van der Waals surface area contributed by atoms with Gasteiger partial charge in [0.05, 0.1) is 12.2 Å². The van der Waals surface area contributed by atoms with Gasteiger partial charge in [-0.25, -0.2) is 0 Å². The summed E-state index contributed by atoms with van der Waals surface area (Å²) in [5, 5.41) is 17.0. The number of aryl methyl sites for hydroxylation is 1. The number of anilines is 1. The van der Waals surface area contributed by atoms with Gasteiger partial charge in [0.25, 0.3) is 0 Å². The predicted molar refractivity (Wildman–Crippen MR) is 44.9 cm³/mol. The molecule has 0 saturated carbocycles. The second-order valence-electron chi connectivity index (χ2n) is 2.64. The SMILES string of the molecule is Cc1cc(CNc2nnco2)n[nH]1. The molecule has 0 aliphatic rings. The van der Waals surface area contributed by atoms with E-state index in [0.29, 0.717) is 12.6 Å². The first-order chi connectivity index (χ1) is 6.34. The molecule has 0 fully saturated rings. The van der Waals surface area contributed by atoms with Gasteiger partial charge in [-0.3, -0.25) is 5.10 Å². The number of H-pyrrole nitrogens is 1. The van der Waals surface area contributed by atoms with Crippen molar-refractivity contribution in [3.63, 3.8) is 0 Å². The van der Waals surface area contributed by atoms with Crippen LogP contribution in [-0.4, -0.2) is 20.4 Å². The van der Waals surface area contributed by atoms with Crippen molar-refractivity contribution in [1.29, 1.82) is 0 Å². The van der Waals surface area contributed by atoms with E-state index in [1.165, 1.54) is 6.39 Å². The molecule has 2 aromatic heterocycles. The Labute approximate surface area is 74.4 Å². The smallest absolute Gasteiger partial charge is 0.315 e. The summed E-state index contributed by atoms with van der Waals surface area (Å²) in [7, 11) is 0. The number of nitrogens with zero attached hydrogens (tertiary/aromatic N) is 3. The zero-order chi connectivity index (χ0) is 9.10. The Hall–Kier alpha value is -1.85. The number of nitrogens with one attached hydrogen (secondary N) is 2. The molecule has 6 nitrogen and oxygen atoms in total. The fourth-order valence-corrected chi connectivity index (χ4v) is 0.981. The highest BCUT2D eigenvalue weighted by Crippen LogP contribution is 2.03. The molecule has 0 aromatic carbocycles. The molecule has 13 heavy (non-hydrogen) atoms. The molecule has 0 spiro atoms. The molecular formula is C7H9N5O. The molecule has 0 atom stereocenters. The lowest BCUT2D eigenvalue weighted by molar-refractivity contribution is 0.565. The lowest BCUT2D eigenvalue weighted by atomic mass is 10.4. The Morgan fingerprint density at radius 1 is 1.62 bits per heavy atom. The molecule has 0 saturated heterocycles. The molecule has 0 radical (unpaired) electrons. The van der Waals surface area contributed by atoms with Crippen molar-refractivity contribution in [1.82, 2.24) is 20.4 Å². The summed E-state index contributed by atoms with van der Waals surface area (Å²) in [6, 6.07) is 2.35. The van der Waals surface area contributed by atoms with Gasteiger partial charge < -0.3 is 9.73 Å². The number of aromatic nitrogens is 4. The Morgan fingerprint density at radius 3 is 3.15 bits per heavy atom. The lowest BCUT2D eigenvalue weighted by Gasteiger charge is -1.94. The number of aromatic amines is 1.